The molecule has 0 aromatic heterocycles. The Labute approximate surface area is 67.9 Å². The van der Waals surface area contributed by atoms with Crippen LogP contribution in [-0.2, 0) is 4.84 Å². The molecule has 2 heteroatoms. The van der Waals surface area contributed by atoms with Gasteiger partial charge in [-0.2, -0.15) is 0 Å². The molecule has 1 atom stereocenters. The molecule has 1 rings (SSSR count). The van der Waals surface area contributed by atoms with Gasteiger partial charge in [-0.3, -0.25) is 0 Å². The molecule has 0 heterocycles. The summed E-state index contributed by atoms with van der Waals surface area (Å²) in [6, 6.07) is 0. The lowest BCUT2D eigenvalue weighted by molar-refractivity contribution is 0.215. The van der Waals surface area contributed by atoms with Crippen LogP contribution in [0.3, 0.4) is 0 Å². The molecule has 1 radical (unpaired) electrons. The highest BCUT2D eigenvalue weighted by Crippen LogP contribution is 2.31. The molecular formula is C9H14NO. The maximum Gasteiger partial charge on any atom is 0.106 e. The minimum absolute atomic E-state index is 0.902. The molecule has 1 fully saturated rings. The van der Waals surface area contributed by atoms with E-state index < -0.39 is 0 Å². The highest BCUT2D eigenvalue weighted by atomic mass is 16.6. The van der Waals surface area contributed by atoms with Gasteiger partial charge in [-0.1, -0.05) is 11.2 Å². The van der Waals surface area contributed by atoms with Crippen molar-refractivity contribution in [3.8, 4) is 0 Å². The van der Waals surface area contributed by atoms with Crippen LogP contribution in [0.25, 0.3) is 0 Å². The largest absolute Gasteiger partial charge is 0.399 e. The predicted octanol–water partition coefficient (Wildman–Crippen LogP) is 2.18. The summed E-state index contributed by atoms with van der Waals surface area (Å²) < 4.78 is 0. The van der Waals surface area contributed by atoms with Crippen LogP contribution in [0.5, 0.6) is 0 Å². The van der Waals surface area contributed by atoms with Gasteiger partial charge in [0.25, 0.3) is 0 Å². The van der Waals surface area contributed by atoms with Crippen molar-refractivity contribution < 1.29 is 4.84 Å². The summed E-state index contributed by atoms with van der Waals surface area (Å²) in [5.74, 6) is 0.902. The third kappa shape index (κ3) is 4.59. The monoisotopic (exact) mass is 152 g/mol. The van der Waals surface area contributed by atoms with Gasteiger partial charge < -0.3 is 4.84 Å². The van der Waals surface area contributed by atoms with Gasteiger partial charge in [0.15, 0.2) is 0 Å². The van der Waals surface area contributed by atoms with E-state index in [0.717, 1.165) is 12.3 Å². The first-order valence-corrected chi connectivity index (χ1v) is 3.98. The van der Waals surface area contributed by atoms with E-state index in [2.05, 4.69) is 22.5 Å². The Balaban J connectivity index is 1.91. The van der Waals surface area contributed by atoms with E-state index in [1.807, 2.05) is 6.08 Å². The number of oxime groups is 1. The van der Waals surface area contributed by atoms with Crippen molar-refractivity contribution in [2.24, 2.45) is 11.1 Å². The summed E-state index contributed by atoms with van der Waals surface area (Å²) in [5.41, 5.74) is 0. The van der Waals surface area contributed by atoms with Crippen LogP contribution < -0.4 is 0 Å². The zero-order valence-electron chi connectivity index (χ0n) is 6.86. The Morgan fingerprint density at radius 3 is 3.18 bits per heavy atom. The second kappa shape index (κ2) is 4.94. The Hall–Kier alpha value is -0.790. The van der Waals surface area contributed by atoms with Crippen molar-refractivity contribution in [1.29, 1.82) is 0 Å². The van der Waals surface area contributed by atoms with E-state index in [4.69, 9.17) is 0 Å². The molecule has 1 aliphatic rings. The topological polar surface area (TPSA) is 21.6 Å². The van der Waals surface area contributed by atoms with Gasteiger partial charge in [-0.25, -0.2) is 0 Å². The molecule has 0 aromatic rings. The standard InChI is InChI=1S/C9H14NO/c1-11-10-8-4-2-3-5-9-6-7-9/h2,4,6,8-9H,3,5,7H2,1H3. The lowest BCUT2D eigenvalue weighted by atomic mass is 10.2. The fraction of sp³-hybridized carbons (Fsp3) is 0.556. The molecule has 2 nitrogen and oxygen atoms in total. The van der Waals surface area contributed by atoms with Gasteiger partial charge in [0.1, 0.15) is 7.11 Å². The number of nitrogens with zero attached hydrogens (tertiary/aromatic N) is 1. The van der Waals surface area contributed by atoms with Crippen molar-refractivity contribution in [2.75, 3.05) is 7.11 Å². The zero-order chi connectivity index (χ0) is 7.94. The summed E-state index contributed by atoms with van der Waals surface area (Å²) in [5, 5.41) is 3.58. The van der Waals surface area contributed by atoms with E-state index in [1.165, 1.54) is 12.8 Å². The lowest BCUT2D eigenvalue weighted by Crippen LogP contribution is -1.74. The highest BCUT2D eigenvalue weighted by Gasteiger charge is 2.19. The molecule has 0 N–H and O–H groups in total. The molecule has 1 saturated carbocycles. The van der Waals surface area contributed by atoms with E-state index >= 15 is 0 Å². The number of hydrogen-bond donors (Lipinski definition) is 0. The van der Waals surface area contributed by atoms with Crippen LogP contribution in [0.1, 0.15) is 19.3 Å². The minimum Gasteiger partial charge on any atom is -0.399 e. The van der Waals surface area contributed by atoms with Crippen molar-refractivity contribution in [1.82, 2.24) is 0 Å². The van der Waals surface area contributed by atoms with Crippen molar-refractivity contribution in [3.63, 3.8) is 0 Å². The van der Waals surface area contributed by atoms with Crippen molar-refractivity contribution in [3.05, 3.63) is 18.6 Å². The van der Waals surface area contributed by atoms with Gasteiger partial charge in [-0.05, 0) is 37.7 Å². The Bertz CT molecular complexity index is 148. The Morgan fingerprint density at radius 1 is 1.73 bits per heavy atom. The minimum atomic E-state index is 0.902. The molecule has 0 aliphatic heterocycles. The molecular weight excluding hydrogens is 138 g/mol. The second-order valence-electron chi connectivity index (χ2n) is 2.67. The average Bonchev–Trinajstić information content (AvgIpc) is 2.80. The molecule has 1 aliphatic carbocycles. The molecule has 0 aromatic carbocycles. The summed E-state index contributed by atoms with van der Waals surface area (Å²) in [6.45, 7) is 0. The second-order valence-corrected chi connectivity index (χ2v) is 2.67. The van der Waals surface area contributed by atoms with Crippen LogP contribution in [0.15, 0.2) is 17.3 Å². The Morgan fingerprint density at radius 2 is 2.55 bits per heavy atom. The van der Waals surface area contributed by atoms with E-state index in [1.54, 1.807) is 13.3 Å². The fourth-order valence-electron chi connectivity index (χ4n) is 0.895. The van der Waals surface area contributed by atoms with Crippen LogP contribution in [0, 0.1) is 12.3 Å². The van der Waals surface area contributed by atoms with Gasteiger partial charge in [0.05, 0.1) is 6.21 Å². The van der Waals surface area contributed by atoms with Gasteiger partial charge in [0, 0.05) is 0 Å². The Kier molecular flexibility index (Phi) is 3.73. The van der Waals surface area contributed by atoms with E-state index in [9.17, 15) is 0 Å². The quantitative estimate of drug-likeness (QED) is 0.437. The van der Waals surface area contributed by atoms with Crippen LogP contribution in [-0.4, -0.2) is 13.3 Å². The highest BCUT2D eigenvalue weighted by molar-refractivity contribution is 5.70. The maximum absolute atomic E-state index is 4.49. The summed E-state index contributed by atoms with van der Waals surface area (Å²) in [7, 11) is 1.55. The van der Waals surface area contributed by atoms with E-state index in [0.29, 0.717) is 0 Å². The first-order valence-electron chi connectivity index (χ1n) is 3.98. The average molecular weight is 152 g/mol. The summed E-state index contributed by atoms with van der Waals surface area (Å²) >= 11 is 0. The molecule has 0 saturated heterocycles. The first-order chi connectivity index (χ1) is 5.43. The number of hydrogen-bond acceptors (Lipinski definition) is 2. The van der Waals surface area contributed by atoms with Gasteiger partial charge in [-0.15, -0.1) is 0 Å². The summed E-state index contributed by atoms with van der Waals surface area (Å²) in [6.07, 6.45) is 11.8. The molecule has 0 bridgehead atoms. The molecule has 0 spiro atoms. The smallest absolute Gasteiger partial charge is 0.106 e. The SMILES string of the molecule is CON=CC=CCCC1[CH]C1. The van der Waals surface area contributed by atoms with Crippen LogP contribution >= 0.6 is 0 Å². The lowest BCUT2D eigenvalue weighted by Gasteiger charge is -1.87. The van der Waals surface area contributed by atoms with Gasteiger partial charge in [0.2, 0.25) is 0 Å². The van der Waals surface area contributed by atoms with Crippen molar-refractivity contribution >= 4 is 6.21 Å². The molecule has 0 amide bonds. The maximum atomic E-state index is 4.49. The predicted molar refractivity (Wildman–Crippen MR) is 46.3 cm³/mol. The number of allylic oxidation sites excluding steroid dienone is 2. The van der Waals surface area contributed by atoms with Crippen molar-refractivity contribution in [2.45, 2.75) is 19.3 Å². The van der Waals surface area contributed by atoms with E-state index in [-0.39, 0.29) is 0 Å². The molecule has 1 unspecified atom stereocenters. The number of rotatable bonds is 5. The normalized spacial score (nSPS) is 18.3. The third-order valence-corrected chi connectivity index (χ3v) is 1.66. The zero-order valence-corrected chi connectivity index (χ0v) is 6.86. The first kappa shape index (κ1) is 8.31. The summed E-state index contributed by atoms with van der Waals surface area (Å²) in [4.78, 5) is 4.49. The van der Waals surface area contributed by atoms with Crippen LogP contribution in [0.4, 0.5) is 0 Å². The third-order valence-electron chi connectivity index (χ3n) is 1.66. The molecule has 61 valence electrons. The fourth-order valence-corrected chi connectivity index (χ4v) is 0.895. The van der Waals surface area contributed by atoms with Crippen LogP contribution in [0.2, 0.25) is 0 Å². The van der Waals surface area contributed by atoms with Gasteiger partial charge >= 0.3 is 0 Å². The molecule has 11 heavy (non-hydrogen) atoms.